The third kappa shape index (κ3) is 2.86. The van der Waals surface area contributed by atoms with E-state index < -0.39 is 11.7 Å². The van der Waals surface area contributed by atoms with Crippen LogP contribution in [0.2, 0.25) is 5.02 Å². The topological polar surface area (TPSA) is 8.17 Å². The summed E-state index contributed by atoms with van der Waals surface area (Å²) in [4.78, 5) is 2.24. The van der Waals surface area contributed by atoms with Crippen molar-refractivity contribution in [3.05, 3.63) is 53.2 Å². The number of nitrogens with zero attached hydrogens (tertiary/aromatic N) is 2. The van der Waals surface area contributed by atoms with E-state index in [1.807, 2.05) is 18.3 Å². The maximum atomic E-state index is 13.0. The molecule has 0 radical (unpaired) electrons. The van der Waals surface area contributed by atoms with Crippen molar-refractivity contribution < 1.29 is 13.2 Å². The Labute approximate surface area is 148 Å². The number of alkyl halides is 3. The first-order chi connectivity index (χ1) is 11.8. The van der Waals surface area contributed by atoms with Crippen LogP contribution in [0.15, 0.2) is 42.6 Å². The van der Waals surface area contributed by atoms with E-state index in [1.165, 1.54) is 12.1 Å². The van der Waals surface area contributed by atoms with Crippen LogP contribution in [0.25, 0.3) is 22.0 Å². The number of anilines is 1. The highest BCUT2D eigenvalue weighted by atomic mass is 35.5. The lowest BCUT2D eigenvalue weighted by atomic mass is 10.0. The summed E-state index contributed by atoms with van der Waals surface area (Å²) in [6.07, 6.45) is -1.33. The molecule has 0 aliphatic carbocycles. The Balaban J connectivity index is 1.86. The molecule has 0 unspecified atom stereocenters. The number of hydrogen-bond donors (Lipinski definition) is 0. The average molecular weight is 365 g/mol. The standard InChI is InChI=1S/C19H16ClF3N2/c1-24-11-17(16-4-3-13(9-18(16)24)19(21,22)23)12-7-14(20)10-15(8-12)25-5-2-6-25/h3-4,7-11H,2,5-6H2,1H3. The van der Waals surface area contributed by atoms with Crippen molar-refractivity contribution in [2.45, 2.75) is 12.6 Å². The van der Waals surface area contributed by atoms with Crippen LogP contribution >= 0.6 is 11.6 Å². The molecule has 4 rings (SSSR count). The zero-order valence-corrected chi connectivity index (χ0v) is 14.3. The maximum absolute atomic E-state index is 13.0. The van der Waals surface area contributed by atoms with Crippen molar-refractivity contribution in [3.8, 4) is 11.1 Å². The SMILES string of the molecule is Cn1cc(-c2cc(Cl)cc(N3CCC3)c2)c2ccc(C(F)(F)F)cc21. The molecule has 0 N–H and O–H groups in total. The van der Waals surface area contributed by atoms with Crippen LogP contribution in [-0.4, -0.2) is 17.7 Å². The summed E-state index contributed by atoms with van der Waals surface area (Å²) in [6.45, 7) is 2.01. The van der Waals surface area contributed by atoms with Crippen molar-refractivity contribution in [2.75, 3.05) is 18.0 Å². The minimum Gasteiger partial charge on any atom is -0.371 e. The summed E-state index contributed by atoms with van der Waals surface area (Å²) in [5.41, 5.74) is 2.77. The van der Waals surface area contributed by atoms with Crippen LogP contribution in [0.1, 0.15) is 12.0 Å². The first-order valence-electron chi connectivity index (χ1n) is 8.05. The van der Waals surface area contributed by atoms with Crippen LogP contribution in [0, 0.1) is 0 Å². The summed E-state index contributed by atoms with van der Waals surface area (Å²) < 4.78 is 40.7. The van der Waals surface area contributed by atoms with Crippen LogP contribution in [0.4, 0.5) is 18.9 Å². The van der Waals surface area contributed by atoms with E-state index in [-0.39, 0.29) is 0 Å². The molecule has 3 aromatic rings. The molecule has 0 spiro atoms. The second-order valence-electron chi connectivity index (χ2n) is 6.42. The van der Waals surface area contributed by atoms with Gasteiger partial charge in [0, 0.05) is 53.5 Å². The predicted molar refractivity (Wildman–Crippen MR) is 95.2 cm³/mol. The summed E-state index contributed by atoms with van der Waals surface area (Å²) in [7, 11) is 1.76. The summed E-state index contributed by atoms with van der Waals surface area (Å²) in [5, 5.41) is 1.41. The Kier molecular flexibility index (Phi) is 3.72. The third-order valence-electron chi connectivity index (χ3n) is 4.73. The molecule has 0 saturated carbocycles. The third-order valence-corrected chi connectivity index (χ3v) is 4.95. The molecule has 1 saturated heterocycles. The number of hydrogen-bond acceptors (Lipinski definition) is 1. The van der Waals surface area contributed by atoms with E-state index in [4.69, 9.17) is 11.6 Å². The Bertz CT molecular complexity index is 955. The molecule has 0 atom stereocenters. The van der Waals surface area contributed by atoms with E-state index in [9.17, 15) is 13.2 Å². The number of aryl methyl sites for hydroxylation is 1. The van der Waals surface area contributed by atoms with E-state index in [0.717, 1.165) is 47.8 Å². The van der Waals surface area contributed by atoms with Gasteiger partial charge in [0.25, 0.3) is 0 Å². The molecule has 25 heavy (non-hydrogen) atoms. The lowest BCUT2D eigenvalue weighted by Gasteiger charge is -2.33. The number of fused-ring (bicyclic) bond motifs is 1. The normalized spacial score (nSPS) is 14.8. The van der Waals surface area contributed by atoms with Crippen molar-refractivity contribution in [3.63, 3.8) is 0 Å². The number of rotatable bonds is 2. The van der Waals surface area contributed by atoms with Gasteiger partial charge in [0.1, 0.15) is 0 Å². The molecular formula is C19H16ClF3N2. The van der Waals surface area contributed by atoms with Gasteiger partial charge in [-0.3, -0.25) is 0 Å². The van der Waals surface area contributed by atoms with E-state index in [2.05, 4.69) is 11.0 Å². The molecule has 1 aromatic heterocycles. The minimum absolute atomic E-state index is 0.551. The van der Waals surface area contributed by atoms with E-state index in [1.54, 1.807) is 11.6 Å². The van der Waals surface area contributed by atoms with Gasteiger partial charge in [0.05, 0.1) is 5.56 Å². The summed E-state index contributed by atoms with van der Waals surface area (Å²) in [5.74, 6) is 0. The fourth-order valence-corrected chi connectivity index (χ4v) is 3.51. The van der Waals surface area contributed by atoms with Gasteiger partial charge < -0.3 is 9.47 Å². The molecule has 1 fully saturated rings. The highest BCUT2D eigenvalue weighted by molar-refractivity contribution is 6.31. The zero-order chi connectivity index (χ0) is 17.8. The summed E-state index contributed by atoms with van der Waals surface area (Å²) in [6, 6.07) is 9.70. The van der Waals surface area contributed by atoms with Crippen molar-refractivity contribution in [1.82, 2.24) is 4.57 Å². The van der Waals surface area contributed by atoms with Crippen molar-refractivity contribution in [2.24, 2.45) is 7.05 Å². The average Bonchev–Trinajstić information content (AvgIpc) is 2.81. The van der Waals surface area contributed by atoms with E-state index >= 15 is 0 Å². The van der Waals surface area contributed by atoms with Gasteiger partial charge in [-0.15, -0.1) is 0 Å². The van der Waals surface area contributed by atoms with Gasteiger partial charge in [-0.05, 0) is 42.3 Å². The molecule has 0 amide bonds. The Morgan fingerprint density at radius 1 is 1.04 bits per heavy atom. The second-order valence-corrected chi connectivity index (χ2v) is 6.86. The smallest absolute Gasteiger partial charge is 0.371 e. The molecule has 2 aromatic carbocycles. The van der Waals surface area contributed by atoms with Crippen molar-refractivity contribution in [1.29, 1.82) is 0 Å². The monoisotopic (exact) mass is 364 g/mol. The minimum atomic E-state index is -4.35. The van der Waals surface area contributed by atoms with Gasteiger partial charge in [0.15, 0.2) is 0 Å². The summed E-state index contributed by atoms with van der Waals surface area (Å²) >= 11 is 6.29. The predicted octanol–water partition coefficient (Wildman–Crippen LogP) is 5.73. The zero-order valence-electron chi connectivity index (χ0n) is 13.6. The van der Waals surface area contributed by atoms with Crippen LogP contribution in [0.3, 0.4) is 0 Å². The van der Waals surface area contributed by atoms with Crippen molar-refractivity contribution >= 4 is 28.2 Å². The van der Waals surface area contributed by atoms with Crippen LogP contribution in [0.5, 0.6) is 0 Å². The molecule has 2 nitrogen and oxygen atoms in total. The van der Waals surface area contributed by atoms with Gasteiger partial charge >= 0.3 is 6.18 Å². The largest absolute Gasteiger partial charge is 0.416 e. The molecule has 0 bridgehead atoms. The highest BCUT2D eigenvalue weighted by Gasteiger charge is 2.31. The molecule has 1 aliphatic heterocycles. The van der Waals surface area contributed by atoms with Gasteiger partial charge in [-0.2, -0.15) is 13.2 Å². The first kappa shape index (κ1) is 16.3. The van der Waals surface area contributed by atoms with Crippen LogP contribution < -0.4 is 4.90 Å². The quantitative estimate of drug-likeness (QED) is 0.564. The molecule has 1 aliphatic rings. The van der Waals surface area contributed by atoms with Gasteiger partial charge in [0.2, 0.25) is 0 Å². The molecular weight excluding hydrogens is 349 g/mol. The highest BCUT2D eigenvalue weighted by Crippen LogP contribution is 2.38. The molecule has 2 heterocycles. The Morgan fingerprint density at radius 2 is 1.80 bits per heavy atom. The second kappa shape index (κ2) is 5.70. The lowest BCUT2D eigenvalue weighted by molar-refractivity contribution is -0.137. The van der Waals surface area contributed by atoms with Gasteiger partial charge in [-0.25, -0.2) is 0 Å². The number of halogens is 4. The number of aromatic nitrogens is 1. The van der Waals surface area contributed by atoms with Gasteiger partial charge in [-0.1, -0.05) is 17.7 Å². The fraction of sp³-hybridized carbons (Fsp3) is 0.263. The number of benzene rings is 2. The Morgan fingerprint density at radius 3 is 2.44 bits per heavy atom. The fourth-order valence-electron chi connectivity index (χ4n) is 3.28. The lowest BCUT2D eigenvalue weighted by Crippen LogP contribution is -2.36. The molecule has 130 valence electrons. The molecule has 6 heteroatoms. The Hall–Kier alpha value is -2.14. The maximum Gasteiger partial charge on any atom is 0.416 e. The van der Waals surface area contributed by atoms with E-state index in [0.29, 0.717) is 10.5 Å². The van der Waals surface area contributed by atoms with Crippen LogP contribution in [-0.2, 0) is 13.2 Å². The first-order valence-corrected chi connectivity index (χ1v) is 8.43.